The topological polar surface area (TPSA) is 76.7 Å². The van der Waals surface area contributed by atoms with Gasteiger partial charge in [-0.3, -0.25) is 9.59 Å². The molecule has 1 aromatic rings. The van der Waals surface area contributed by atoms with E-state index in [9.17, 15) is 9.59 Å². The van der Waals surface area contributed by atoms with Crippen molar-refractivity contribution in [2.75, 3.05) is 26.1 Å². The summed E-state index contributed by atoms with van der Waals surface area (Å²) in [5, 5.41) is 5.99. The summed E-state index contributed by atoms with van der Waals surface area (Å²) in [4.78, 5) is 24.9. The van der Waals surface area contributed by atoms with Gasteiger partial charge in [-0.2, -0.15) is 0 Å². The Kier molecular flexibility index (Phi) is 5.94. The molecule has 24 heavy (non-hydrogen) atoms. The van der Waals surface area contributed by atoms with Gasteiger partial charge >= 0.3 is 0 Å². The number of nitrogens with one attached hydrogen (secondary N) is 2. The molecule has 0 bridgehead atoms. The van der Waals surface area contributed by atoms with Crippen molar-refractivity contribution in [2.45, 2.75) is 32.6 Å². The molecule has 0 atom stereocenters. The van der Waals surface area contributed by atoms with E-state index in [1.54, 1.807) is 12.1 Å². The van der Waals surface area contributed by atoms with Crippen LogP contribution in [0.5, 0.6) is 11.5 Å². The standard InChI is InChI=1S/C17H23ClN2O4/c1-4-5-8-19-15(21)17(6-7-17)16(22)20-12-10-13(23-2)11(18)9-14(12)24-3/h9-10H,4-8H2,1-3H3,(H,19,21)(H,20,22). The number of amides is 2. The fourth-order valence-electron chi connectivity index (χ4n) is 2.43. The van der Waals surface area contributed by atoms with Crippen LogP contribution in [-0.4, -0.2) is 32.6 Å². The number of anilines is 1. The van der Waals surface area contributed by atoms with Gasteiger partial charge in [0, 0.05) is 18.7 Å². The first-order chi connectivity index (χ1) is 11.5. The Morgan fingerprint density at radius 1 is 1.17 bits per heavy atom. The predicted molar refractivity (Wildman–Crippen MR) is 92.8 cm³/mol. The number of hydrogen-bond acceptors (Lipinski definition) is 4. The summed E-state index contributed by atoms with van der Waals surface area (Å²) in [6.07, 6.45) is 2.97. The molecule has 0 unspecified atom stereocenters. The molecule has 132 valence electrons. The Hall–Kier alpha value is -1.95. The molecular weight excluding hydrogens is 332 g/mol. The molecule has 1 saturated carbocycles. The Bertz CT molecular complexity index is 629. The van der Waals surface area contributed by atoms with Gasteiger partial charge in [0.25, 0.3) is 0 Å². The van der Waals surface area contributed by atoms with E-state index in [0.717, 1.165) is 12.8 Å². The molecule has 2 amide bonds. The van der Waals surface area contributed by atoms with Gasteiger partial charge in [0.15, 0.2) is 0 Å². The van der Waals surface area contributed by atoms with Crippen molar-refractivity contribution < 1.29 is 19.1 Å². The minimum Gasteiger partial charge on any atom is -0.495 e. The molecule has 2 rings (SSSR count). The third kappa shape index (κ3) is 3.75. The van der Waals surface area contributed by atoms with E-state index in [1.165, 1.54) is 14.2 Å². The molecule has 0 saturated heterocycles. The summed E-state index contributed by atoms with van der Waals surface area (Å²) >= 11 is 6.06. The van der Waals surface area contributed by atoms with E-state index in [-0.39, 0.29) is 11.8 Å². The molecule has 1 aliphatic carbocycles. The van der Waals surface area contributed by atoms with Crippen LogP contribution in [0.15, 0.2) is 12.1 Å². The average molecular weight is 355 g/mol. The summed E-state index contributed by atoms with van der Waals surface area (Å²) in [6.45, 7) is 2.63. The summed E-state index contributed by atoms with van der Waals surface area (Å²) in [5.74, 6) is 0.286. The Morgan fingerprint density at radius 3 is 2.38 bits per heavy atom. The summed E-state index contributed by atoms with van der Waals surface area (Å²) in [7, 11) is 2.97. The SMILES string of the molecule is CCCCNC(=O)C1(C(=O)Nc2cc(OC)c(Cl)cc2OC)CC1. The third-order valence-corrected chi connectivity index (χ3v) is 4.45. The maximum absolute atomic E-state index is 12.6. The Labute approximate surface area is 146 Å². The molecule has 2 N–H and O–H groups in total. The largest absolute Gasteiger partial charge is 0.495 e. The molecule has 7 heteroatoms. The van der Waals surface area contributed by atoms with E-state index in [1.807, 2.05) is 6.92 Å². The molecule has 0 aromatic heterocycles. The molecule has 0 radical (unpaired) electrons. The van der Waals surface area contributed by atoms with Crippen LogP contribution in [0.2, 0.25) is 5.02 Å². The van der Waals surface area contributed by atoms with E-state index < -0.39 is 5.41 Å². The monoisotopic (exact) mass is 354 g/mol. The second-order valence-electron chi connectivity index (χ2n) is 5.83. The van der Waals surface area contributed by atoms with Crippen molar-refractivity contribution in [3.63, 3.8) is 0 Å². The second-order valence-corrected chi connectivity index (χ2v) is 6.24. The number of carbonyl (C=O) groups excluding carboxylic acids is 2. The number of carbonyl (C=O) groups is 2. The smallest absolute Gasteiger partial charge is 0.240 e. The molecule has 1 fully saturated rings. The third-order valence-electron chi connectivity index (χ3n) is 4.16. The molecule has 0 spiro atoms. The lowest BCUT2D eigenvalue weighted by Gasteiger charge is -2.17. The van der Waals surface area contributed by atoms with Gasteiger partial charge in [-0.1, -0.05) is 24.9 Å². The lowest BCUT2D eigenvalue weighted by molar-refractivity contribution is -0.134. The highest BCUT2D eigenvalue weighted by atomic mass is 35.5. The van der Waals surface area contributed by atoms with Crippen LogP contribution in [0.25, 0.3) is 0 Å². The average Bonchev–Trinajstić information content (AvgIpc) is 3.38. The number of hydrogen-bond donors (Lipinski definition) is 2. The number of unbranched alkanes of at least 4 members (excludes halogenated alkanes) is 1. The minimum absolute atomic E-state index is 0.214. The predicted octanol–water partition coefficient (Wildman–Crippen LogP) is 2.99. The van der Waals surface area contributed by atoms with Crippen molar-refractivity contribution in [2.24, 2.45) is 5.41 Å². The van der Waals surface area contributed by atoms with E-state index in [2.05, 4.69) is 10.6 Å². The quantitative estimate of drug-likeness (QED) is 0.555. The van der Waals surface area contributed by atoms with Gasteiger partial charge in [-0.25, -0.2) is 0 Å². The molecular formula is C17H23ClN2O4. The highest BCUT2D eigenvalue weighted by Crippen LogP contribution is 2.47. The van der Waals surface area contributed by atoms with Crippen molar-refractivity contribution >= 4 is 29.1 Å². The van der Waals surface area contributed by atoms with Gasteiger partial charge in [-0.15, -0.1) is 0 Å². The first-order valence-electron chi connectivity index (χ1n) is 7.99. The molecule has 6 nitrogen and oxygen atoms in total. The summed E-state index contributed by atoms with van der Waals surface area (Å²) in [5.41, 5.74) is -0.553. The highest BCUT2D eigenvalue weighted by Gasteiger charge is 2.56. The van der Waals surface area contributed by atoms with Gasteiger partial charge < -0.3 is 20.1 Å². The lowest BCUT2D eigenvalue weighted by atomic mass is 10.0. The number of ether oxygens (including phenoxy) is 2. The zero-order valence-electron chi connectivity index (χ0n) is 14.2. The zero-order valence-corrected chi connectivity index (χ0v) is 15.0. The lowest BCUT2D eigenvalue weighted by Crippen LogP contribution is -2.40. The Morgan fingerprint density at radius 2 is 1.83 bits per heavy atom. The van der Waals surface area contributed by atoms with Crippen LogP contribution in [0.4, 0.5) is 5.69 Å². The van der Waals surface area contributed by atoms with Crippen LogP contribution in [0.1, 0.15) is 32.6 Å². The van der Waals surface area contributed by atoms with Crippen molar-refractivity contribution in [1.29, 1.82) is 0 Å². The summed E-state index contributed by atoms with van der Waals surface area (Å²) < 4.78 is 10.4. The van der Waals surface area contributed by atoms with Crippen molar-refractivity contribution in [3.05, 3.63) is 17.2 Å². The van der Waals surface area contributed by atoms with Gasteiger partial charge in [0.2, 0.25) is 11.8 Å². The van der Waals surface area contributed by atoms with Gasteiger partial charge in [0.05, 0.1) is 24.9 Å². The van der Waals surface area contributed by atoms with Crippen molar-refractivity contribution in [1.82, 2.24) is 5.32 Å². The maximum atomic E-state index is 12.6. The number of benzene rings is 1. The highest BCUT2D eigenvalue weighted by molar-refractivity contribution is 6.32. The van der Waals surface area contributed by atoms with Crippen LogP contribution < -0.4 is 20.1 Å². The number of halogens is 1. The van der Waals surface area contributed by atoms with Crippen LogP contribution in [-0.2, 0) is 9.59 Å². The van der Waals surface area contributed by atoms with Gasteiger partial charge in [0.1, 0.15) is 16.9 Å². The van der Waals surface area contributed by atoms with Crippen LogP contribution in [0, 0.1) is 5.41 Å². The minimum atomic E-state index is -0.981. The fraction of sp³-hybridized carbons (Fsp3) is 0.529. The zero-order chi connectivity index (χ0) is 17.7. The summed E-state index contributed by atoms with van der Waals surface area (Å²) in [6, 6.07) is 3.15. The van der Waals surface area contributed by atoms with E-state index >= 15 is 0 Å². The van der Waals surface area contributed by atoms with E-state index in [0.29, 0.717) is 41.6 Å². The number of methoxy groups -OCH3 is 2. The number of rotatable bonds is 8. The van der Waals surface area contributed by atoms with Gasteiger partial charge in [-0.05, 0) is 19.3 Å². The first-order valence-corrected chi connectivity index (χ1v) is 8.37. The van der Waals surface area contributed by atoms with E-state index in [4.69, 9.17) is 21.1 Å². The van der Waals surface area contributed by atoms with Crippen LogP contribution >= 0.6 is 11.6 Å². The molecule has 1 aliphatic rings. The molecule has 1 aromatic carbocycles. The molecule has 0 aliphatic heterocycles. The van der Waals surface area contributed by atoms with Crippen LogP contribution in [0.3, 0.4) is 0 Å². The normalized spacial score (nSPS) is 14.7. The van der Waals surface area contributed by atoms with Crippen molar-refractivity contribution in [3.8, 4) is 11.5 Å². The maximum Gasteiger partial charge on any atom is 0.240 e. The Balaban J connectivity index is 2.13. The second kappa shape index (κ2) is 7.75. The molecule has 0 heterocycles. The first kappa shape index (κ1) is 18.4. The fourth-order valence-corrected chi connectivity index (χ4v) is 2.66.